The van der Waals surface area contributed by atoms with Gasteiger partial charge in [0, 0.05) is 11.8 Å². The molecule has 2 rings (SSSR count). The first-order chi connectivity index (χ1) is 6.74. The van der Waals surface area contributed by atoms with Gasteiger partial charge in [0.25, 0.3) is 0 Å². The van der Waals surface area contributed by atoms with E-state index in [-0.39, 0.29) is 5.56 Å². The van der Waals surface area contributed by atoms with Gasteiger partial charge in [-0.15, -0.1) is 0 Å². The zero-order chi connectivity index (χ0) is 10.1. The van der Waals surface area contributed by atoms with Crippen molar-refractivity contribution in [2.24, 2.45) is 0 Å². The fourth-order valence-electron chi connectivity index (χ4n) is 1.54. The van der Waals surface area contributed by atoms with Gasteiger partial charge in [0.2, 0.25) is 5.95 Å². The van der Waals surface area contributed by atoms with Crippen molar-refractivity contribution in [1.82, 2.24) is 4.98 Å². The molecule has 1 aromatic heterocycles. The SMILES string of the molecule is CCOC1=CC(O)c2c1ccnc2F. The summed E-state index contributed by atoms with van der Waals surface area (Å²) in [6.07, 6.45) is 1.90. The number of pyridine rings is 1. The Morgan fingerprint density at radius 1 is 1.64 bits per heavy atom. The Kier molecular flexibility index (Phi) is 2.21. The molecule has 0 fully saturated rings. The summed E-state index contributed by atoms with van der Waals surface area (Å²) in [5, 5.41) is 9.52. The number of aliphatic hydroxyl groups is 1. The number of fused-ring (bicyclic) bond motifs is 1. The van der Waals surface area contributed by atoms with Crippen LogP contribution in [0.15, 0.2) is 18.3 Å². The van der Waals surface area contributed by atoms with Gasteiger partial charge < -0.3 is 9.84 Å². The van der Waals surface area contributed by atoms with Crippen LogP contribution in [0.1, 0.15) is 24.2 Å². The van der Waals surface area contributed by atoms with Gasteiger partial charge in [0.15, 0.2) is 0 Å². The summed E-state index contributed by atoms with van der Waals surface area (Å²) in [6, 6.07) is 1.64. The lowest BCUT2D eigenvalue weighted by molar-refractivity contribution is 0.223. The summed E-state index contributed by atoms with van der Waals surface area (Å²) in [5.41, 5.74) is 0.794. The highest BCUT2D eigenvalue weighted by molar-refractivity contribution is 5.69. The van der Waals surface area contributed by atoms with Crippen LogP contribution in [0.3, 0.4) is 0 Å². The Morgan fingerprint density at radius 2 is 2.43 bits per heavy atom. The highest BCUT2D eigenvalue weighted by Crippen LogP contribution is 2.35. The summed E-state index contributed by atoms with van der Waals surface area (Å²) in [7, 11) is 0. The van der Waals surface area contributed by atoms with Gasteiger partial charge >= 0.3 is 0 Å². The summed E-state index contributed by atoms with van der Waals surface area (Å²) >= 11 is 0. The Bertz CT molecular complexity index is 390. The van der Waals surface area contributed by atoms with E-state index in [4.69, 9.17) is 4.74 Å². The largest absolute Gasteiger partial charge is 0.493 e. The molecule has 1 N–H and O–H groups in total. The van der Waals surface area contributed by atoms with E-state index in [1.54, 1.807) is 6.07 Å². The molecule has 1 aromatic rings. The zero-order valence-electron chi connectivity index (χ0n) is 7.70. The molecule has 0 spiro atoms. The lowest BCUT2D eigenvalue weighted by Gasteiger charge is -2.06. The Morgan fingerprint density at radius 3 is 3.14 bits per heavy atom. The van der Waals surface area contributed by atoms with Crippen LogP contribution in [0, 0.1) is 5.95 Å². The van der Waals surface area contributed by atoms with Gasteiger partial charge in [0.1, 0.15) is 11.9 Å². The predicted octanol–water partition coefficient (Wildman–Crippen LogP) is 1.65. The van der Waals surface area contributed by atoms with Crippen LogP contribution in [0.4, 0.5) is 4.39 Å². The summed E-state index contributed by atoms with van der Waals surface area (Å²) < 4.78 is 18.5. The molecule has 4 heteroatoms. The molecule has 14 heavy (non-hydrogen) atoms. The third-order valence-electron chi connectivity index (χ3n) is 2.11. The topological polar surface area (TPSA) is 42.4 Å². The number of rotatable bonds is 2. The fourth-order valence-corrected chi connectivity index (χ4v) is 1.54. The van der Waals surface area contributed by atoms with E-state index in [0.29, 0.717) is 17.9 Å². The van der Waals surface area contributed by atoms with Crippen LogP contribution in [-0.4, -0.2) is 16.7 Å². The maximum atomic E-state index is 13.2. The van der Waals surface area contributed by atoms with Crippen LogP contribution < -0.4 is 0 Å². The maximum absolute atomic E-state index is 13.2. The van der Waals surface area contributed by atoms with Gasteiger partial charge in [-0.2, -0.15) is 4.39 Å². The molecule has 0 radical (unpaired) electrons. The Balaban J connectivity index is 2.47. The van der Waals surface area contributed by atoms with Crippen LogP contribution >= 0.6 is 0 Å². The molecule has 1 aliphatic carbocycles. The van der Waals surface area contributed by atoms with Gasteiger partial charge in [-0.1, -0.05) is 0 Å². The van der Waals surface area contributed by atoms with Crippen molar-refractivity contribution in [2.75, 3.05) is 6.61 Å². The monoisotopic (exact) mass is 195 g/mol. The lowest BCUT2D eigenvalue weighted by atomic mass is 10.1. The standard InChI is InChI=1S/C10H10FNO2/c1-2-14-8-5-7(13)9-6(8)3-4-12-10(9)11/h3-5,7,13H,2H2,1H3. The van der Waals surface area contributed by atoms with E-state index in [9.17, 15) is 9.50 Å². The second-order valence-electron chi connectivity index (χ2n) is 2.97. The summed E-state index contributed by atoms with van der Waals surface area (Å²) in [4.78, 5) is 3.48. The van der Waals surface area contributed by atoms with Crippen LogP contribution in [0.25, 0.3) is 5.76 Å². The molecule has 0 aliphatic heterocycles. The maximum Gasteiger partial charge on any atom is 0.219 e. The molecule has 0 amide bonds. The fraction of sp³-hybridized carbons (Fsp3) is 0.300. The minimum Gasteiger partial charge on any atom is -0.493 e. The molecule has 0 aromatic carbocycles. The smallest absolute Gasteiger partial charge is 0.219 e. The Labute approximate surface area is 80.9 Å². The second-order valence-corrected chi connectivity index (χ2v) is 2.97. The molecule has 0 saturated carbocycles. The van der Waals surface area contributed by atoms with Crippen molar-refractivity contribution >= 4 is 5.76 Å². The van der Waals surface area contributed by atoms with Crippen molar-refractivity contribution in [3.63, 3.8) is 0 Å². The molecule has 74 valence electrons. The van der Waals surface area contributed by atoms with Crippen LogP contribution in [0.2, 0.25) is 0 Å². The number of ether oxygens (including phenoxy) is 1. The average Bonchev–Trinajstić information content (AvgIpc) is 2.46. The van der Waals surface area contributed by atoms with Gasteiger partial charge in [-0.05, 0) is 19.1 Å². The first-order valence-corrected chi connectivity index (χ1v) is 4.41. The minimum atomic E-state index is -0.944. The molecule has 1 heterocycles. The summed E-state index contributed by atoms with van der Waals surface area (Å²) in [5.74, 6) is -0.114. The van der Waals surface area contributed by atoms with Crippen LogP contribution in [0.5, 0.6) is 0 Å². The molecule has 1 unspecified atom stereocenters. The third-order valence-corrected chi connectivity index (χ3v) is 2.11. The van der Waals surface area contributed by atoms with E-state index >= 15 is 0 Å². The van der Waals surface area contributed by atoms with E-state index in [1.807, 2.05) is 6.92 Å². The average molecular weight is 195 g/mol. The number of hydrogen-bond donors (Lipinski definition) is 1. The highest BCUT2D eigenvalue weighted by atomic mass is 19.1. The van der Waals surface area contributed by atoms with Gasteiger partial charge in [0.05, 0.1) is 12.2 Å². The second kappa shape index (κ2) is 3.38. The van der Waals surface area contributed by atoms with Gasteiger partial charge in [-0.25, -0.2) is 4.98 Å². The lowest BCUT2D eigenvalue weighted by Crippen LogP contribution is -1.98. The first-order valence-electron chi connectivity index (χ1n) is 4.41. The van der Waals surface area contributed by atoms with Gasteiger partial charge in [-0.3, -0.25) is 0 Å². The van der Waals surface area contributed by atoms with Crippen molar-refractivity contribution in [3.8, 4) is 0 Å². The van der Waals surface area contributed by atoms with E-state index in [1.165, 1.54) is 12.3 Å². The molecule has 1 atom stereocenters. The predicted molar refractivity (Wildman–Crippen MR) is 48.8 cm³/mol. The summed E-state index contributed by atoms with van der Waals surface area (Å²) in [6.45, 7) is 2.32. The van der Waals surface area contributed by atoms with Crippen molar-refractivity contribution < 1.29 is 14.2 Å². The van der Waals surface area contributed by atoms with Crippen molar-refractivity contribution in [2.45, 2.75) is 13.0 Å². The molecule has 0 saturated heterocycles. The molecular formula is C10H10FNO2. The van der Waals surface area contributed by atoms with Crippen molar-refractivity contribution in [1.29, 1.82) is 0 Å². The number of nitrogens with zero attached hydrogens (tertiary/aromatic N) is 1. The van der Waals surface area contributed by atoms with Crippen molar-refractivity contribution in [3.05, 3.63) is 35.4 Å². The van der Waals surface area contributed by atoms with E-state index in [2.05, 4.69) is 4.98 Å². The van der Waals surface area contributed by atoms with Crippen LogP contribution in [-0.2, 0) is 4.74 Å². The highest BCUT2D eigenvalue weighted by Gasteiger charge is 2.26. The number of halogens is 1. The normalized spacial score (nSPS) is 19.1. The number of aliphatic hydroxyl groups excluding tert-OH is 1. The number of hydrogen-bond acceptors (Lipinski definition) is 3. The quantitative estimate of drug-likeness (QED) is 0.729. The first kappa shape index (κ1) is 9.15. The third kappa shape index (κ3) is 1.28. The van der Waals surface area contributed by atoms with E-state index < -0.39 is 12.1 Å². The Hall–Kier alpha value is -1.42. The minimum absolute atomic E-state index is 0.205. The molecule has 1 aliphatic rings. The molecule has 0 bridgehead atoms. The number of aromatic nitrogens is 1. The molecular weight excluding hydrogens is 185 g/mol. The van der Waals surface area contributed by atoms with E-state index in [0.717, 1.165) is 0 Å². The molecule has 3 nitrogen and oxygen atoms in total. The zero-order valence-corrected chi connectivity index (χ0v) is 7.70.